The normalized spacial score (nSPS) is 16.2. The van der Waals surface area contributed by atoms with Gasteiger partial charge < -0.3 is 14.2 Å². The molecule has 144 valence electrons. The Morgan fingerprint density at radius 2 is 1.89 bits per heavy atom. The van der Waals surface area contributed by atoms with Crippen LogP contribution in [0, 0.1) is 0 Å². The van der Waals surface area contributed by atoms with E-state index in [0.717, 1.165) is 23.0 Å². The number of rotatable bonds is 5. The molecule has 1 aromatic heterocycles. The second kappa shape index (κ2) is 7.53. The fraction of sp³-hybridized carbons (Fsp3) is 0.273. The van der Waals surface area contributed by atoms with Gasteiger partial charge in [0.05, 0.1) is 37.6 Å². The second-order valence-electron chi connectivity index (χ2n) is 7.44. The topological polar surface area (TPSA) is 55.0 Å². The number of benzene rings is 2. The van der Waals surface area contributed by atoms with Crippen molar-refractivity contribution in [1.29, 1.82) is 0 Å². The summed E-state index contributed by atoms with van der Waals surface area (Å²) in [7, 11) is 4.17. The Morgan fingerprint density at radius 1 is 1.11 bits per heavy atom. The third-order valence-electron chi connectivity index (χ3n) is 5.11. The highest BCUT2D eigenvalue weighted by molar-refractivity contribution is 9.10. The number of amides is 1. The maximum absolute atomic E-state index is 13.3. The van der Waals surface area contributed by atoms with E-state index in [1.54, 1.807) is 23.1 Å². The van der Waals surface area contributed by atoms with Crippen molar-refractivity contribution in [3.8, 4) is 0 Å². The van der Waals surface area contributed by atoms with Crippen LogP contribution >= 0.6 is 15.9 Å². The maximum Gasteiger partial charge on any atom is 0.290 e. The summed E-state index contributed by atoms with van der Waals surface area (Å²) in [6.45, 7) is 1.51. The van der Waals surface area contributed by atoms with Crippen LogP contribution in [0.1, 0.15) is 34.1 Å². The molecule has 0 spiro atoms. The molecule has 1 atom stereocenters. The largest absolute Gasteiger partial charge is 0.450 e. The van der Waals surface area contributed by atoms with E-state index in [1.165, 1.54) is 4.90 Å². The molecule has 1 aliphatic heterocycles. The van der Waals surface area contributed by atoms with Crippen LogP contribution in [0.15, 0.2) is 62.2 Å². The van der Waals surface area contributed by atoms with Crippen LogP contribution in [0.4, 0.5) is 0 Å². The van der Waals surface area contributed by atoms with E-state index in [1.807, 2.05) is 30.3 Å². The average molecular weight is 442 g/mol. The number of carbonyl (C=O) groups excluding carboxylic acids is 1. The smallest absolute Gasteiger partial charge is 0.290 e. The molecule has 0 aliphatic carbocycles. The first-order chi connectivity index (χ1) is 13.5. The van der Waals surface area contributed by atoms with Gasteiger partial charge in [-0.15, -0.1) is 0 Å². The summed E-state index contributed by atoms with van der Waals surface area (Å²) in [5, 5.41) is 0.508. The molecular formula is C22H22BrN2O3+. The molecule has 0 unspecified atom stereocenters. The highest BCUT2D eigenvalue weighted by Gasteiger charge is 2.42. The van der Waals surface area contributed by atoms with Crippen molar-refractivity contribution in [1.82, 2.24) is 4.90 Å². The number of para-hydroxylation sites is 1. The molecule has 0 saturated heterocycles. The number of nitrogens with one attached hydrogen (secondary N) is 1. The van der Waals surface area contributed by atoms with Crippen molar-refractivity contribution >= 4 is 32.8 Å². The van der Waals surface area contributed by atoms with E-state index in [9.17, 15) is 9.59 Å². The summed E-state index contributed by atoms with van der Waals surface area (Å²) in [5.74, 6) is -0.0394. The molecule has 0 fully saturated rings. The number of nitrogens with zero attached hydrogens (tertiary/aromatic N) is 1. The third kappa shape index (κ3) is 3.27. The SMILES string of the molecule is C[NH+](C)CCCN1C(=O)c2oc3ccccc3c(=O)c2[C@@H]1c1cccc(Br)c1. The van der Waals surface area contributed by atoms with Crippen molar-refractivity contribution in [2.24, 2.45) is 0 Å². The van der Waals surface area contributed by atoms with E-state index < -0.39 is 6.04 Å². The van der Waals surface area contributed by atoms with Crippen molar-refractivity contribution in [3.63, 3.8) is 0 Å². The van der Waals surface area contributed by atoms with Gasteiger partial charge >= 0.3 is 0 Å². The molecule has 2 aromatic carbocycles. The van der Waals surface area contributed by atoms with Crippen LogP contribution in [-0.2, 0) is 0 Å². The summed E-state index contributed by atoms with van der Waals surface area (Å²) in [6.07, 6.45) is 0.847. The molecule has 4 rings (SSSR count). The van der Waals surface area contributed by atoms with Crippen LogP contribution < -0.4 is 10.3 Å². The molecule has 0 bridgehead atoms. The fourth-order valence-electron chi connectivity index (χ4n) is 3.82. The summed E-state index contributed by atoms with van der Waals surface area (Å²) in [5.41, 5.74) is 1.67. The van der Waals surface area contributed by atoms with Crippen LogP contribution in [-0.4, -0.2) is 38.0 Å². The number of fused-ring (bicyclic) bond motifs is 2. The first kappa shape index (κ1) is 18.9. The fourth-order valence-corrected chi connectivity index (χ4v) is 4.24. The van der Waals surface area contributed by atoms with E-state index in [0.29, 0.717) is 23.1 Å². The molecular weight excluding hydrogens is 420 g/mol. The van der Waals surface area contributed by atoms with Gasteiger partial charge in [-0.25, -0.2) is 0 Å². The van der Waals surface area contributed by atoms with Crippen molar-refractivity contribution in [3.05, 3.63) is 80.1 Å². The van der Waals surface area contributed by atoms with Gasteiger partial charge in [0.1, 0.15) is 5.58 Å². The Labute approximate surface area is 171 Å². The van der Waals surface area contributed by atoms with Gasteiger partial charge in [-0.05, 0) is 29.8 Å². The first-order valence-electron chi connectivity index (χ1n) is 9.38. The lowest BCUT2D eigenvalue weighted by molar-refractivity contribution is -0.858. The minimum atomic E-state index is -0.432. The van der Waals surface area contributed by atoms with Gasteiger partial charge in [-0.1, -0.05) is 40.2 Å². The molecule has 0 saturated carbocycles. The zero-order chi connectivity index (χ0) is 19.8. The first-order valence-corrected chi connectivity index (χ1v) is 10.2. The minimum Gasteiger partial charge on any atom is -0.450 e. The van der Waals surface area contributed by atoms with Crippen molar-refractivity contribution in [2.45, 2.75) is 12.5 Å². The predicted molar refractivity (Wildman–Crippen MR) is 112 cm³/mol. The van der Waals surface area contributed by atoms with E-state index in [2.05, 4.69) is 30.0 Å². The molecule has 0 radical (unpaired) electrons. The molecule has 2 heterocycles. The van der Waals surface area contributed by atoms with E-state index in [-0.39, 0.29) is 17.1 Å². The zero-order valence-corrected chi connectivity index (χ0v) is 17.5. The van der Waals surface area contributed by atoms with Gasteiger partial charge in [-0.3, -0.25) is 9.59 Å². The Balaban J connectivity index is 1.88. The molecule has 5 nitrogen and oxygen atoms in total. The van der Waals surface area contributed by atoms with Crippen LogP contribution in [0.2, 0.25) is 0 Å². The monoisotopic (exact) mass is 441 g/mol. The highest BCUT2D eigenvalue weighted by atomic mass is 79.9. The molecule has 1 N–H and O–H groups in total. The van der Waals surface area contributed by atoms with Gasteiger partial charge in [0.2, 0.25) is 5.76 Å². The summed E-state index contributed by atoms with van der Waals surface area (Å²) in [6, 6.07) is 14.4. The van der Waals surface area contributed by atoms with Gasteiger partial charge in [-0.2, -0.15) is 0 Å². The Kier molecular flexibility index (Phi) is 5.08. The predicted octanol–water partition coefficient (Wildman–Crippen LogP) is 2.64. The second-order valence-corrected chi connectivity index (χ2v) is 8.35. The highest BCUT2D eigenvalue weighted by Crippen LogP contribution is 2.38. The van der Waals surface area contributed by atoms with Gasteiger partial charge in [0.15, 0.2) is 5.43 Å². The summed E-state index contributed by atoms with van der Waals surface area (Å²) < 4.78 is 6.84. The molecule has 1 amide bonds. The quantitative estimate of drug-likeness (QED) is 0.661. The molecule has 3 aromatic rings. The Morgan fingerprint density at radius 3 is 2.64 bits per heavy atom. The van der Waals surface area contributed by atoms with Crippen molar-refractivity contribution < 1.29 is 14.1 Å². The minimum absolute atomic E-state index is 0.129. The molecule has 28 heavy (non-hydrogen) atoms. The number of hydrogen-bond acceptors (Lipinski definition) is 3. The lowest BCUT2D eigenvalue weighted by atomic mass is 9.98. The number of quaternary nitrogens is 1. The standard InChI is InChI=1S/C22H21BrN2O3/c1-24(2)11-6-12-25-19(14-7-5-8-15(23)13-14)18-20(26)16-9-3-4-10-17(16)28-21(18)22(25)27/h3-5,7-10,13,19H,6,11-12H2,1-2H3/p+1/t19-/m0/s1. The average Bonchev–Trinajstić information content (AvgIpc) is 2.94. The summed E-state index contributed by atoms with van der Waals surface area (Å²) in [4.78, 5) is 29.6. The lowest BCUT2D eigenvalue weighted by Crippen LogP contribution is -3.05. The maximum atomic E-state index is 13.3. The zero-order valence-electron chi connectivity index (χ0n) is 15.9. The molecule has 1 aliphatic rings. The lowest BCUT2D eigenvalue weighted by Gasteiger charge is -2.25. The summed E-state index contributed by atoms with van der Waals surface area (Å²) >= 11 is 3.51. The number of halogens is 1. The Bertz CT molecular complexity index is 1110. The van der Waals surface area contributed by atoms with Gasteiger partial charge in [0.25, 0.3) is 5.91 Å². The van der Waals surface area contributed by atoms with E-state index >= 15 is 0 Å². The number of hydrogen-bond donors (Lipinski definition) is 1. The van der Waals surface area contributed by atoms with Crippen LogP contribution in [0.25, 0.3) is 11.0 Å². The number of carbonyl (C=O) groups is 1. The Hall–Kier alpha value is -2.44. The van der Waals surface area contributed by atoms with Gasteiger partial charge in [0, 0.05) is 17.4 Å². The van der Waals surface area contributed by atoms with Crippen LogP contribution in [0.3, 0.4) is 0 Å². The third-order valence-corrected chi connectivity index (χ3v) is 5.61. The molecule has 6 heteroatoms. The van der Waals surface area contributed by atoms with Crippen LogP contribution in [0.5, 0.6) is 0 Å². The van der Waals surface area contributed by atoms with Crippen molar-refractivity contribution in [2.75, 3.05) is 27.2 Å². The van der Waals surface area contributed by atoms with E-state index in [4.69, 9.17) is 4.42 Å².